The van der Waals surface area contributed by atoms with Crippen LogP contribution in [0.15, 0.2) is 65.2 Å². The summed E-state index contributed by atoms with van der Waals surface area (Å²) in [7, 11) is -4.30. The Labute approximate surface area is 179 Å². The second-order valence-electron chi connectivity index (χ2n) is 7.23. The molecule has 1 aromatic heterocycles. The topological polar surface area (TPSA) is 109 Å². The van der Waals surface area contributed by atoms with Crippen LogP contribution in [0.2, 0.25) is 0 Å². The molecule has 3 rings (SSSR count). The first-order chi connectivity index (χ1) is 14.2. The number of nitrogens with one attached hydrogen (secondary N) is 1. The molecule has 1 aliphatic rings. The van der Waals surface area contributed by atoms with Gasteiger partial charge >= 0.3 is 7.60 Å². The number of carbonyl (C=O) groups excluding carboxylic acids is 1. The van der Waals surface area contributed by atoms with E-state index in [0.717, 1.165) is 12.0 Å². The van der Waals surface area contributed by atoms with Gasteiger partial charge in [-0.15, -0.1) is 11.3 Å². The lowest BCUT2D eigenvalue weighted by atomic mass is 10.0. The molecule has 0 bridgehead atoms. The number of ether oxygens (including phenoxy) is 1. The maximum absolute atomic E-state index is 12.7. The Morgan fingerprint density at radius 1 is 1.30 bits per heavy atom. The Balaban J connectivity index is 1.88. The monoisotopic (exact) mass is 446 g/mol. The van der Waals surface area contributed by atoms with E-state index < -0.39 is 7.60 Å². The van der Waals surface area contributed by atoms with E-state index in [2.05, 4.69) is 24.1 Å². The van der Waals surface area contributed by atoms with Crippen molar-refractivity contribution in [1.29, 1.82) is 0 Å². The third-order valence-electron chi connectivity index (χ3n) is 4.18. The number of nitrogens with zero attached hydrogens (tertiary/aromatic N) is 1. The number of aromatic nitrogens is 1. The molecule has 9 heteroatoms. The number of rotatable bonds is 7. The molecule has 3 N–H and O–H groups in total. The zero-order chi connectivity index (χ0) is 21.7. The smallest absolute Gasteiger partial charge is 0.352 e. The van der Waals surface area contributed by atoms with Gasteiger partial charge in [0.1, 0.15) is 11.5 Å². The van der Waals surface area contributed by atoms with Crippen molar-refractivity contribution in [3.63, 3.8) is 0 Å². The van der Waals surface area contributed by atoms with Crippen LogP contribution in [-0.2, 0) is 11.0 Å². The minimum absolute atomic E-state index is 0.0226. The SMILES string of the molecule is CC(C)Cc1cc(OC2=CC=C(P(=O)(O)O)CC=C2)cc(C(=O)Nc2nccs2)c1. The molecule has 0 atom stereocenters. The molecule has 0 unspecified atom stereocenters. The molecule has 0 spiro atoms. The van der Waals surface area contributed by atoms with Crippen LogP contribution in [0.5, 0.6) is 5.75 Å². The molecule has 0 saturated heterocycles. The highest BCUT2D eigenvalue weighted by Gasteiger charge is 2.20. The molecular formula is C21H23N2O5PS. The van der Waals surface area contributed by atoms with Crippen LogP contribution in [-0.4, -0.2) is 20.7 Å². The summed E-state index contributed by atoms with van der Waals surface area (Å²) < 4.78 is 17.4. The van der Waals surface area contributed by atoms with Gasteiger partial charge in [-0.1, -0.05) is 19.9 Å². The third-order valence-corrected chi connectivity index (χ3v) is 5.95. The largest absolute Gasteiger partial charge is 0.457 e. The van der Waals surface area contributed by atoms with Gasteiger partial charge in [0.2, 0.25) is 0 Å². The summed E-state index contributed by atoms with van der Waals surface area (Å²) in [6.45, 7) is 4.18. The predicted molar refractivity (Wildman–Crippen MR) is 118 cm³/mol. The third kappa shape index (κ3) is 6.24. The van der Waals surface area contributed by atoms with E-state index in [0.29, 0.717) is 28.1 Å². The molecule has 1 heterocycles. The van der Waals surface area contributed by atoms with E-state index in [9.17, 15) is 19.1 Å². The predicted octanol–water partition coefficient (Wildman–Crippen LogP) is 4.88. The van der Waals surface area contributed by atoms with Crippen molar-refractivity contribution in [2.45, 2.75) is 26.7 Å². The normalized spacial score (nSPS) is 14.2. The summed E-state index contributed by atoms with van der Waals surface area (Å²) >= 11 is 1.34. The fourth-order valence-electron chi connectivity index (χ4n) is 2.91. The lowest BCUT2D eigenvalue weighted by Crippen LogP contribution is -2.12. The Morgan fingerprint density at radius 3 is 2.77 bits per heavy atom. The van der Waals surface area contributed by atoms with Gasteiger partial charge in [-0.25, -0.2) is 4.98 Å². The summed E-state index contributed by atoms with van der Waals surface area (Å²) in [5.74, 6) is 1.00. The van der Waals surface area contributed by atoms with Crippen molar-refractivity contribution in [2.24, 2.45) is 5.92 Å². The van der Waals surface area contributed by atoms with Crippen molar-refractivity contribution in [3.8, 4) is 5.75 Å². The van der Waals surface area contributed by atoms with Crippen molar-refractivity contribution < 1.29 is 23.9 Å². The first kappa shape index (κ1) is 22.2. The van der Waals surface area contributed by atoms with Crippen molar-refractivity contribution in [1.82, 2.24) is 4.98 Å². The van der Waals surface area contributed by atoms with Crippen LogP contribution in [0, 0.1) is 5.92 Å². The fourth-order valence-corrected chi connectivity index (χ4v) is 4.05. The van der Waals surface area contributed by atoms with Crippen LogP contribution in [0.25, 0.3) is 0 Å². The molecule has 158 valence electrons. The second-order valence-corrected chi connectivity index (χ2v) is 9.79. The van der Waals surface area contributed by atoms with Gasteiger partial charge in [0.05, 0.1) is 0 Å². The molecule has 1 aliphatic carbocycles. The minimum atomic E-state index is -4.30. The zero-order valence-corrected chi connectivity index (χ0v) is 18.3. The number of carbonyl (C=O) groups is 1. The Morgan fingerprint density at radius 2 is 2.10 bits per heavy atom. The highest BCUT2D eigenvalue weighted by molar-refractivity contribution is 7.56. The highest BCUT2D eigenvalue weighted by atomic mass is 32.1. The summed E-state index contributed by atoms with van der Waals surface area (Å²) in [5, 5.41) is 5.09. The van der Waals surface area contributed by atoms with Crippen LogP contribution < -0.4 is 10.1 Å². The first-order valence-electron chi connectivity index (χ1n) is 9.37. The van der Waals surface area contributed by atoms with E-state index in [1.165, 1.54) is 23.5 Å². The second kappa shape index (κ2) is 9.53. The first-order valence-corrected chi connectivity index (χ1v) is 11.9. The Bertz CT molecular complexity index is 1050. The lowest BCUT2D eigenvalue weighted by molar-refractivity contribution is 0.102. The number of benzene rings is 1. The summed E-state index contributed by atoms with van der Waals surface area (Å²) in [6, 6.07) is 5.34. The molecule has 30 heavy (non-hydrogen) atoms. The average molecular weight is 446 g/mol. The van der Waals surface area contributed by atoms with Crippen LogP contribution in [0.4, 0.5) is 5.13 Å². The molecule has 1 aromatic carbocycles. The molecule has 7 nitrogen and oxygen atoms in total. The van der Waals surface area contributed by atoms with Gasteiger partial charge in [0.15, 0.2) is 5.13 Å². The van der Waals surface area contributed by atoms with E-state index in [1.54, 1.807) is 29.8 Å². The number of thiazole rings is 1. The van der Waals surface area contributed by atoms with E-state index in [-0.39, 0.29) is 17.6 Å². The maximum atomic E-state index is 12.7. The number of anilines is 1. The lowest BCUT2D eigenvalue weighted by Gasteiger charge is -2.12. The van der Waals surface area contributed by atoms with E-state index >= 15 is 0 Å². The van der Waals surface area contributed by atoms with Crippen molar-refractivity contribution in [3.05, 3.63) is 76.3 Å². The molecular weight excluding hydrogens is 423 g/mol. The number of amides is 1. The minimum Gasteiger partial charge on any atom is -0.457 e. The van der Waals surface area contributed by atoms with Gasteiger partial charge in [0.25, 0.3) is 5.91 Å². The standard InChI is InChI=1S/C21H23N2O5PS/c1-14(2)10-15-11-16(20(24)23-21-22-8-9-30-21)13-18(12-15)28-17-4-3-5-19(7-6-17)29(25,26)27/h3-4,6-9,11-14H,5,10H2,1-2H3,(H,22,23,24)(H2,25,26,27). The van der Waals surface area contributed by atoms with Crippen LogP contribution in [0.3, 0.4) is 0 Å². The zero-order valence-electron chi connectivity index (χ0n) is 16.6. The van der Waals surface area contributed by atoms with E-state index in [1.807, 2.05) is 12.1 Å². The van der Waals surface area contributed by atoms with Gasteiger partial charge in [-0.2, -0.15) is 0 Å². The Hall–Kier alpha value is -2.51. The van der Waals surface area contributed by atoms with E-state index in [4.69, 9.17) is 4.74 Å². The van der Waals surface area contributed by atoms with Crippen molar-refractivity contribution in [2.75, 3.05) is 5.32 Å². The molecule has 0 radical (unpaired) electrons. The van der Waals surface area contributed by atoms with Crippen LogP contribution in [0.1, 0.15) is 36.2 Å². The molecule has 2 aromatic rings. The molecule has 0 saturated carbocycles. The fraction of sp³-hybridized carbons (Fsp3) is 0.238. The molecule has 0 aliphatic heterocycles. The highest BCUT2D eigenvalue weighted by Crippen LogP contribution is 2.47. The summed E-state index contributed by atoms with van der Waals surface area (Å²) in [4.78, 5) is 35.5. The summed E-state index contributed by atoms with van der Waals surface area (Å²) in [6.07, 6.45) is 8.72. The maximum Gasteiger partial charge on any atom is 0.352 e. The van der Waals surface area contributed by atoms with Crippen LogP contribution >= 0.6 is 18.9 Å². The van der Waals surface area contributed by atoms with Crippen molar-refractivity contribution >= 4 is 30.0 Å². The average Bonchev–Trinajstić information content (AvgIpc) is 3.03. The number of allylic oxidation sites excluding steroid dienone is 5. The molecule has 0 fully saturated rings. The molecule has 1 amide bonds. The quantitative estimate of drug-likeness (QED) is 0.523. The number of hydrogen-bond acceptors (Lipinski definition) is 5. The van der Waals surface area contributed by atoms with Gasteiger partial charge in [-0.3, -0.25) is 14.7 Å². The van der Waals surface area contributed by atoms with Gasteiger partial charge in [0, 0.05) is 22.5 Å². The van der Waals surface area contributed by atoms with Gasteiger partial charge < -0.3 is 14.5 Å². The summed E-state index contributed by atoms with van der Waals surface area (Å²) in [5.41, 5.74) is 1.40. The Kier molecular flexibility index (Phi) is 7.05. The van der Waals surface area contributed by atoms with Gasteiger partial charge in [-0.05, 0) is 60.8 Å². The number of hydrogen-bond donors (Lipinski definition) is 3.